The Kier molecular flexibility index (Phi) is 2.98. The van der Waals surface area contributed by atoms with Crippen molar-refractivity contribution < 1.29 is 14.7 Å². The normalized spacial score (nSPS) is 41.8. The zero-order valence-corrected chi connectivity index (χ0v) is 10.7. The number of carbonyl (C=O) groups excluding carboxylic acids is 2. The molecule has 2 aliphatic rings. The highest BCUT2D eigenvalue weighted by Crippen LogP contribution is 2.53. The van der Waals surface area contributed by atoms with Crippen LogP contribution in [0.15, 0.2) is 11.6 Å². The quantitative estimate of drug-likeness (QED) is 0.756. The van der Waals surface area contributed by atoms with Gasteiger partial charge in [0.05, 0.1) is 12.0 Å². The summed E-state index contributed by atoms with van der Waals surface area (Å²) in [6.45, 7) is 5.59. The molecule has 3 nitrogen and oxygen atoms in total. The molecule has 0 saturated heterocycles. The predicted octanol–water partition coefficient (Wildman–Crippen LogP) is 1.89. The molecule has 4 atom stereocenters. The van der Waals surface area contributed by atoms with Crippen molar-refractivity contribution in [3.63, 3.8) is 0 Å². The SMILES string of the molecule is CC(=O)[C@H]1[C@@H](O)CCC2=CC(=O)C[C@H](C)[C@]21C. The van der Waals surface area contributed by atoms with Crippen molar-refractivity contribution in [2.75, 3.05) is 0 Å². The summed E-state index contributed by atoms with van der Waals surface area (Å²) in [5.41, 5.74) is 0.726. The third-order valence-electron chi connectivity index (χ3n) is 4.74. The Morgan fingerprint density at radius 3 is 2.76 bits per heavy atom. The fourth-order valence-electron chi connectivity index (χ4n) is 3.65. The van der Waals surface area contributed by atoms with Crippen molar-refractivity contribution in [1.82, 2.24) is 0 Å². The van der Waals surface area contributed by atoms with Crippen molar-refractivity contribution in [3.8, 4) is 0 Å². The molecule has 2 aliphatic carbocycles. The minimum absolute atomic E-state index is 0.0341. The zero-order valence-electron chi connectivity index (χ0n) is 10.7. The lowest BCUT2D eigenvalue weighted by Gasteiger charge is -2.50. The molecule has 1 N–H and O–H groups in total. The Morgan fingerprint density at radius 1 is 1.53 bits per heavy atom. The van der Waals surface area contributed by atoms with Crippen LogP contribution in [0.25, 0.3) is 0 Å². The highest BCUT2D eigenvalue weighted by molar-refractivity contribution is 5.93. The lowest BCUT2D eigenvalue weighted by molar-refractivity contribution is -0.135. The minimum atomic E-state index is -0.565. The zero-order chi connectivity index (χ0) is 12.8. The lowest BCUT2D eigenvalue weighted by atomic mass is 9.54. The number of fused-ring (bicyclic) bond motifs is 1. The average molecular weight is 236 g/mol. The van der Waals surface area contributed by atoms with Crippen LogP contribution < -0.4 is 0 Å². The van der Waals surface area contributed by atoms with E-state index < -0.39 is 6.10 Å². The van der Waals surface area contributed by atoms with E-state index in [-0.39, 0.29) is 28.8 Å². The summed E-state index contributed by atoms with van der Waals surface area (Å²) in [6.07, 6.45) is 2.95. The first-order valence-corrected chi connectivity index (χ1v) is 6.29. The number of rotatable bonds is 1. The molecule has 0 radical (unpaired) electrons. The van der Waals surface area contributed by atoms with E-state index in [2.05, 4.69) is 0 Å². The number of aliphatic hydroxyl groups is 1. The second-order valence-electron chi connectivity index (χ2n) is 5.72. The molecule has 0 heterocycles. The van der Waals surface area contributed by atoms with Gasteiger partial charge in [0.15, 0.2) is 5.78 Å². The minimum Gasteiger partial charge on any atom is -0.392 e. The molecule has 0 aromatic rings. The number of ketones is 2. The summed E-state index contributed by atoms with van der Waals surface area (Å²) in [7, 11) is 0. The number of allylic oxidation sites excluding steroid dienone is 2. The summed E-state index contributed by atoms with van der Waals surface area (Å²) >= 11 is 0. The van der Waals surface area contributed by atoms with E-state index in [1.54, 1.807) is 13.0 Å². The summed E-state index contributed by atoms with van der Waals surface area (Å²) in [6, 6.07) is 0. The van der Waals surface area contributed by atoms with Crippen LogP contribution in [0.2, 0.25) is 0 Å². The van der Waals surface area contributed by atoms with Crippen LogP contribution in [0.4, 0.5) is 0 Å². The molecule has 0 aliphatic heterocycles. The van der Waals surface area contributed by atoms with Gasteiger partial charge < -0.3 is 5.11 Å². The fourth-order valence-corrected chi connectivity index (χ4v) is 3.65. The Labute approximate surface area is 102 Å². The number of carbonyl (C=O) groups is 2. The molecule has 0 amide bonds. The summed E-state index contributed by atoms with van der Waals surface area (Å²) in [5, 5.41) is 10.1. The second kappa shape index (κ2) is 4.05. The van der Waals surface area contributed by atoms with Gasteiger partial charge in [0, 0.05) is 11.8 Å². The lowest BCUT2D eigenvalue weighted by Crippen LogP contribution is -2.51. The second-order valence-corrected chi connectivity index (χ2v) is 5.72. The molecule has 0 unspecified atom stereocenters. The van der Waals surface area contributed by atoms with Crippen molar-refractivity contribution in [2.45, 2.75) is 46.1 Å². The first-order valence-electron chi connectivity index (χ1n) is 6.29. The van der Waals surface area contributed by atoms with Crippen LogP contribution in [0.5, 0.6) is 0 Å². The van der Waals surface area contributed by atoms with E-state index in [4.69, 9.17) is 0 Å². The van der Waals surface area contributed by atoms with E-state index in [9.17, 15) is 14.7 Å². The van der Waals surface area contributed by atoms with Crippen molar-refractivity contribution in [2.24, 2.45) is 17.3 Å². The molecule has 94 valence electrons. The van der Waals surface area contributed by atoms with E-state index >= 15 is 0 Å². The largest absolute Gasteiger partial charge is 0.392 e. The van der Waals surface area contributed by atoms with Gasteiger partial charge in [-0.3, -0.25) is 9.59 Å². The van der Waals surface area contributed by atoms with Crippen molar-refractivity contribution in [1.29, 1.82) is 0 Å². The topological polar surface area (TPSA) is 54.4 Å². The smallest absolute Gasteiger partial charge is 0.155 e. The molecule has 2 rings (SSSR count). The maximum atomic E-state index is 11.8. The van der Waals surface area contributed by atoms with Crippen LogP contribution >= 0.6 is 0 Å². The van der Waals surface area contributed by atoms with Gasteiger partial charge in [-0.15, -0.1) is 0 Å². The molecule has 0 bridgehead atoms. The van der Waals surface area contributed by atoms with Gasteiger partial charge in [-0.2, -0.15) is 0 Å². The molecule has 17 heavy (non-hydrogen) atoms. The monoisotopic (exact) mass is 236 g/mol. The summed E-state index contributed by atoms with van der Waals surface area (Å²) < 4.78 is 0. The van der Waals surface area contributed by atoms with Crippen LogP contribution in [-0.2, 0) is 9.59 Å². The number of Topliss-reactive ketones (excluding diaryl/α,β-unsaturated/α-hetero) is 1. The standard InChI is InChI=1S/C14H20O3/c1-8-6-11(16)7-10-4-5-12(17)13(9(2)15)14(8,10)3/h7-8,12-13,17H,4-6H2,1-3H3/t8-,12-,13-,14+/m0/s1. The van der Waals surface area contributed by atoms with E-state index in [1.165, 1.54) is 0 Å². The van der Waals surface area contributed by atoms with E-state index in [0.717, 1.165) is 12.0 Å². The fraction of sp³-hybridized carbons (Fsp3) is 0.714. The van der Waals surface area contributed by atoms with Crippen LogP contribution in [-0.4, -0.2) is 22.8 Å². The van der Waals surface area contributed by atoms with Gasteiger partial charge in [0.1, 0.15) is 5.78 Å². The van der Waals surface area contributed by atoms with Crippen molar-refractivity contribution >= 4 is 11.6 Å². The Bertz CT molecular complexity index is 396. The summed E-state index contributed by atoms with van der Waals surface area (Å²) in [4.78, 5) is 23.4. The first kappa shape index (κ1) is 12.5. The molecule has 0 aromatic carbocycles. The Hall–Kier alpha value is -0.960. The molecule has 3 heteroatoms. The maximum Gasteiger partial charge on any atom is 0.155 e. The van der Waals surface area contributed by atoms with E-state index in [1.807, 2.05) is 13.8 Å². The van der Waals surface area contributed by atoms with Gasteiger partial charge >= 0.3 is 0 Å². The maximum absolute atomic E-state index is 11.8. The number of aliphatic hydroxyl groups excluding tert-OH is 1. The summed E-state index contributed by atoms with van der Waals surface area (Å²) in [5.74, 6) is -0.0417. The third-order valence-corrected chi connectivity index (χ3v) is 4.74. The molecular weight excluding hydrogens is 216 g/mol. The Balaban J connectivity index is 2.50. The van der Waals surface area contributed by atoms with Gasteiger partial charge in [-0.05, 0) is 31.8 Å². The highest BCUT2D eigenvalue weighted by atomic mass is 16.3. The molecule has 0 aromatic heterocycles. The van der Waals surface area contributed by atoms with Gasteiger partial charge in [0.2, 0.25) is 0 Å². The molecular formula is C14H20O3. The third kappa shape index (κ3) is 1.77. The first-order chi connectivity index (χ1) is 7.87. The van der Waals surface area contributed by atoms with Gasteiger partial charge in [-0.1, -0.05) is 19.4 Å². The average Bonchev–Trinajstić information content (AvgIpc) is 2.20. The number of hydrogen-bond acceptors (Lipinski definition) is 3. The van der Waals surface area contributed by atoms with E-state index in [0.29, 0.717) is 12.8 Å². The van der Waals surface area contributed by atoms with Crippen LogP contribution in [0.3, 0.4) is 0 Å². The number of hydrogen-bond donors (Lipinski definition) is 1. The molecule has 1 fully saturated rings. The van der Waals surface area contributed by atoms with Crippen LogP contribution in [0.1, 0.15) is 40.0 Å². The highest BCUT2D eigenvalue weighted by Gasteiger charge is 2.52. The van der Waals surface area contributed by atoms with Crippen molar-refractivity contribution in [3.05, 3.63) is 11.6 Å². The van der Waals surface area contributed by atoms with Crippen LogP contribution in [0, 0.1) is 17.3 Å². The van der Waals surface area contributed by atoms with Gasteiger partial charge in [-0.25, -0.2) is 0 Å². The predicted molar refractivity (Wildman–Crippen MR) is 64.4 cm³/mol. The van der Waals surface area contributed by atoms with Gasteiger partial charge in [0.25, 0.3) is 0 Å². The Morgan fingerprint density at radius 2 is 2.18 bits per heavy atom. The molecule has 0 spiro atoms. The molecule has 1 saturated carbocycles.